The fraction of sp³-hybridized carbons (Fsp3) is 0.314. The molecule has 0 saturated carbocycles. The highest BCUT2D eigenvalue weighted by molar-refractivity contribution is 5.76. The van der Waals surface area contributed by atoms with Crippen LogP contribution in [0.3, 0.4) is 0 Å². The number of methoxy groups -OCH3 is 1. The molecule has 3 aromatic carbocycles. The van der Waals surface area contributed by atoms with Crippen LogP contribution in [0.1, 0.15) is 65.1 Å². The van der Waals surface area contributed by atoms with Gasteiger partial charge in [0, 0.05) is 11.6 Å². The zero-order valence-electron chi connectivity index (χ0n) is 26.5. The predicted molar refractivity (Wildman–Crippen MR) is 160 cm³/mol. The summed E-state index contributed by atoms with van der Waals surface area (Å²) in [6.07, 6.45) is -18.6. The lowest BCUT2D eigenvalue weighted by molar-refractivity contribution is -0.150. The normalized spacial score (nSPS) is 17.0. The van der Waals surface area contributed by atoms with E-state index in [0.717, 1.165) is 29.2 Å². The molecule has 15 heteroatoms. The first-order valence-corrected chi connectivity index (χ1v) is 15.0. The van der Waals surface area contributed by atoms with Crippen molar-refractivity contribution in [2.24, 2.45) is 0 Å². The number of cyclic esters (lactones) is 1. The number of alkyl halides is 9. The molecular formula is C35H28F10N2O3. The van der Waals surface area contributed by atoms with Crippen LogP contribution < -0.4 is 4.74 Å². The highest BCUT2D eigenvalue weighted by Crippen LogP contribution is 2.43. The van der Waals surface area contributed by atoms with Crippen molar-refractivity contribution in [3.63, 3.8) is 0 Å². The molecule has 1 fully saturated rings. The number of rotatable bonds is 8. The number of halogens is 10. The first kappa shape index (κ1) is 36.5. The topological polar surface area (TPSA) is 51.7 Å². The minimum absolute atomic E-state index is 0.0354. The molecule has 2 heterocycles. The van der Waals surface area contributed by atoms with Crippen molar-refractivity contribution >= 4 is 6.09 Å². The number of ether oxygens (including phenoxy) is 2. The predicted octanol–water partition coefficient (Wildman–Crippen LogP) is 10.4. The molecule has 4 aromatic rings. The Morgan fingerprint density at radius 2 is 1.44 bits per heavy atom. The molecule has 0 N–H and O–H groups in total. The van der Waals surface area contributed by atoms with Gasteiger partial charge in [-0.25, -0.2) is 14.2 Å². The summed E-state index contributed by atoms with van der Waals surface area (Å²) in [5, 5.41) is 0. The summed E-state index contributed by atoms with van der Waals surface area (Å²) in [6, 6.07) is 12.6. The quantitative estimate of drug-likeness (QED) is 0.171. The monoisotopic (exact) mass is 714 g/mol. The zero-order valence-corrected chi connectivity index (χ0v) is 26.5. The molecule has 0 aliphatic carbocycles. The van der Waals surface area contributed by atoms with Gasteiger partial charge in [0.1, 0.15) is 29.1 Å². The van der Waals surface area contributed by atoms with Crippen LogP contribution in [-0.2, 0) is 36.2 Å². The van der Waals surface area contributed by atoms with Gasteiger partial charge in [-0.2, -0.15) is 39.5 Å². The van der Waals surface area contributed by atoms with Gasteiger partial charge < -0.3 is 9.47 Å². The van der Waals surface area contributed by atoms with Crippen molar-refractivity contribution in [1.82, 2.24) is 9.88 Å². The van der Waals surface area contributed by atoms with Crippen molar-refractivity contribution in [3.8, 4) is 16.9 Å². The SMILES string of the molecule is COc1cc(F)c(C(C)C)cc1-c1ccc(C(F)(F)F)cc1CN1C(=O)O[C@H](c2cc(C(F)(F)F)nc(C(F)(F)F)c2)[C@@H]1Cc1ccccc1. The maximum Gasteiger partial charge on any atom is 0.433 e. The van der Waals surface area contributed by atoms with Gasteiger partial charge >= 0.3 is 24.6 Å². The largest absolute Gasteiger partial charge is 0.496 e. The number of pyridine rings is 1. The Morgan fingerprint density at radius 1 is 0.820 bits per heavy atom. The van der Waals surface area contributed by atoms with E-state index in [1.165, 1.54) is 13.2 Å². The minimum atomic E-state index is -5.30. The fourth-order valence-electron chi connectivity index (χ4n) is 5.85. The summed E-state index contributed by atoms with van der Waals surface area (Å²) in [6.45, 7) is 2.77. The van der Waals surface area contributed by atoms with Crippen molar-refractivity contribution in [3.05, 3.63) is 118 Å². The van der Waals surface area contributed by atoms with Crippen LogP contribution in [0, 0.1) is 5.82 Å². The lowest BCUT2D eigenvalue weighted by atomic mass is 9.91. The van der Waals surface area contributed by atoms with E-state index in [9.17, 15) is 48.7 Å². The Labute approximate surface area is 279 Å². The summed E-state index contributed by atoms with van der Waals surface area (Å²) < 4.78 is 150. The van der Waals surface area contributed by atoms with E-state index in [-0.39, 0.29) is 40.3 Å². The van der Waals surface area contributed by atoms with Crippen molar-refractivity contribution in [1.29, 1.82) is 0 Å². The number of carbonyl (C=O) groups excluding carboxylic acids is 1. The molecule has 266 valence electrons. The summed E-state index contributed by atoms with van der Waals surface area (Å²) in [7, 11) is 1.23. The molecule has 5 rings (SSSR count). The number of hydrogen-bond acceptors (Lipinski definition) is 4. The van der Waals surface area contributed by atoms with E-state index >= 15 is 0 Å². The third kappa shape index (κ3) is 7.65. The Bertz CT molecular complexity index is 1840. The summed E-state index contributed by atoms with van der Waals surface area (Å²) in [5.41, 5.74) is -4.65. The molecule has 2 atom stereocenters. The fourth-order valence-corrected chi connectivity index (χ4v) is 5.85. The van der Waals surface area contributed by atoms with Crippen LogP contribution in [0.25, 0.3) is 11.1 Å². The van der Waals surface area contributed by atoms with E-state index in [2.05, 4.69) is 4.98 Å². The van der Waals surface area contributed by atoms with Crippen LogP contribution >= 0.6 is 0 Å². The second-order valence-corrected chi connectivity index (χ2v) is 12.0. The van der Waals surface area contributed by atoms with Gasteiger partial charge in [-0.15, -0.1) is 0 Å². The van der Waals surface area contributed by atoms with E-state index < -0.39 is 71.6 Å². The van der Waals surface area contributed by atoms with Gasteiger partial charge in [-0.05, 0) is 70.5 Å². The highest BCUT2D eigenvalue weighted by Gasteiger charge is 2.46. The Hall–Kier alpha value is -4.82. The number of carbonyl (C=O) groups is 1. The molecule has 0 radical (unpaired) electrons. The molecule has 50 heavy (non-hydrogen) atoms. The first-order chi connectivity index (χ1) is 23.3. The Balaban J connectivity index is 1.68. The van der Waals surface area contributed by atoms with Crippen molar-refractivity contribution in [2.45, 2.75) is 63.4 Å². The number of amides is 1. The van der Waals surface area contributed by atoms with Gasteiger partial charge in [0.15, 0.2) is 0 Å². The zero-order chi connectivity index (χ0) is 36.8. The van der Waals surface area contributed by atoms with Gasteiger partial charge in [0.05, 0.1) is 25.3 Å². The number of benzene rings is 3. The molecule has 1 aliphatic rings. The third-order valence-electron chi connectivity index (χ3n) is 8.26. The standard InChI is InChI=1S/C35H28F10N2O3/c1-18(2)24-15-25(28(49-3)16-26(24)36)23-10-9-22(33(37,38)39)12-21(23)17-47-27(11-19-7-5-4-6-8-19)31(50-32(47)48)20-13-29(34(40,41)42)46-30(14-20)35(43,44)45/h4-10,12-16,18,27,31H,11,17H2,1-3H3/t27-,31+/m0/s1. The van der Waals surface area contributed by atoms with Crippen LogP contribution in [0.15, 0.2) is 72.8 Å². The first-order valence-electron chi connectivity index (χ1n) is 15.0. The Morgan fingerprint density at radius 3 is 1.98 bits per heavy atom. The lowest BCUT2D eigenvalue weighted by Crippen LogP contribution is -2.36. The second-order valence-electron chi connectivity index (χ2n) is 12.0. The van der Waals surface area contributed by atoms with E-state index in [4.69, 9.17) is 9.47 Å². The van der Waals surface area contributed by atoms with Crippen LogP contribution in [0.4, 0.5) is 48.7 Å². The van der Waals surface area contributed by atoms with E-state index in [1.54, 1.807) is 44.2 Å². The van der Waals surface area contributed by atoms with Gasteiger partial charge in [-0.3, -0.25) is 4.90 Å². The molecule has 0 bridgehead atoms. The van der Waals surface area contributed by atoms with Gasteiger partial charge in [-0.1, -0.05) is 50.2 Å². The molecule has 0 unspecified atom stereocenters. The smallest absolute Gasteiger partial charge is 0.433 e. The van der Waals surface area contributed by atoms with Crippen LogP contribution in [-0.4, -0.2) is 29.1 Å². The minimum Gasteiger partial charge on any atom is -0.496 e. The molecule has 5 nitrogen and oxygen atoms in total. The second kappa shape index (κ2) is 13.5. The molecule has 1 aliphatic heterocycles. The summed E-state index contributed by atoms with van der Waals surface area (Å²) in [5.74, 6) is -1.02. The van der Waals surface area contributed by atoms with Crippen molar-refractivity contribution < 1.29 is 58.2 Å². The molecule has 1 saturated heterocycles. The highest BCUT2D eigenvalue weighted by atomic mass is 19.4. The summed E-state index contributed by atoms with van der Waals surface area (Å²) in [4.78, 5) is 17.2. The van der Waals surface area contributed by atoms with Crippen LogP contribution in [0.2, 0.25) is 0 Å². The van der Waals surface area contributed by atoms with E-state index in [1.807, 2.05) is 0 Å². The molecule has 1 amide bonds. The molecule has 0 spiro atoms. The average molecular weight is 715 g/mol. The molecule has 1 aromatic heterocycles. The Kier molecular flexibility index (Phi) is 9.83. The third-order valence-corrected chi connectivity index (χ3v) is 8.26. The van der Waals surface area contributed by atoms with Crippen molar-refractivity contribution in [2.75, 3.05) is 7.11 Å². The van der Waals surface area contributed by atoms with Gasteiger partial charge in [0.2, 0.25) is 0 Å². The average Bonchev–Trinajstić information content (AvgIpc) is 3.33. The maximum atomic E-state index is 14.9. The molecular weight excluding hydrogens is 686 g/mol. The summed E-state index contributed by atoms with van der Waals surface area (Å²) >= 11 is 0. The van der Waals surface area contributed by atoms with Gasteiger partial charge in [0.25, 0.3) is 0 Å². The number of hydrogen-bond donors (Lipinski definition) is 0. The van der Waals surface area contributed by atoms with Crippen LogP contribution in [0.5, 0.6) is 5.75 Å². The van der Waals surface area contributed by atoms with E-state index in [0.29, 0.717) is 17.7 Å². The number of nitrogens with zero attached hydrogens (tertiary/aromatic N) is 2. The lowest BCUT2D eigenvalue weighted by Gasteiger charge is -2.27. The number of aromatic nitrogens is 1. The maximum absolute atomic E-state index is 14.9.